The molecule has 0 unspecified atom stereocenters. The molecule has 1 aliphatic rings. The normalized spacial score (nSPS) is 15.2. The Hall–Kier alpha value is -2.15. The Balaban J connectivity index is 1.75. The molecule has 0 aromatic heterocycles. The summed E-state index contributed by atoms with van der Waals surface area (Å²) in [6.07, 6.45) is 3.41. The van der Waals surface area contributed by atoms with E-state index in [4.69, 9.17) is 32.7 Å². The maximum absolute atomic E-state index is 12.5. The number of imide groups is 1. The van der Waals surface area contributed by atoms with Gasteiger partial charge in [0, 0.05) is 22.2 Å². The van der Waals surface area contributed by atoms with Gasteiger partial charge in [-0.3, -0.25) is 14.5 Å². The van der Waals surface area contributed by atoms with Gasteiger partial charge in [0.1, 0.15) is 6.61 Å². The van der Waals surface area contributed by atoms with Gasteiger partial charge < -0.3 is 9.47 Å². The third kappa shape index (κ3) is 5.31. The molecule has 1 fully saturated rings. The van der Waals surface area contributed by atoms with Gasteiger partial charge in [-0.1, -0.05) is 48.7 Å². The first-order valence-electron chi connectivity index (χ1n) is 9.43. The van der Waals surface area contributed by atoms with Crippen LogP contribution in [-0.2, 0) is 11.4 Å². The van der Waals surface area contributed by atoms with E-state index in [9.17, 15) is 9.59 Å². The lowest BCUT2D eigenvalue weighted by Crippen LogP contribution is -2.29. The Morgan fingerprint density at radius 2 is 1.90 bits per heavy atom. The monoisotopic (exact) mass is 465 g/mol. The quantitative estimate of drug-likeness (QED) is 0.421. The molecule has 8 heteroatoms. The number of carbonyl (C=O) groups is 2. The maximum Gasteiger partial charge on any atom is 0.293 e. The Morgan fingerprint density at radius 1 is 1.10 bits per heavy atom. The van der Waals surface area contributed by atoms with E-state index < -0.39 is 0 Å². The molecule has 0 N–H and O–H groups in total. The number of rotatable bonds is 8. The average Bonchev–Trinajstić information content (AvgIpc) is 2.99. The highest BCUT2D eigenvalue weighted by atomic mass is 35.5. The molecular formula is C22H21Cl2NO4S. The second-order valence-electron chi connectivity index (χ2n) is 6.62. The van der Waals surface area contributed by atoms with Crippen LogP contribution in [0.4, 0.5) is 4.79 Å². The molecule has 5 nitrogen and oxygen atoms in total. The van der Waals surface area contributed by atoms with Gasteiger partial charge in [0.25, 0.3) is 11.1 Å². The van der Waals surface area contributed by atoms with E-state index >= 15 is 0 Å². The number of methoxy groups -OCH3 is 1. The second-order valence-corrected chi connectivity index (χ2v) is 8.46. The Kier molecular flexibility index (Phi) is 7.69. The first kappa shape index (κ1) is 22.5. The Labute approximate surface area is 189 Å². The SMILES string of the molecule is CCCCN1C(=O)S/C(=C\c2ccc(OCc3ccc(Cl)cc3Cl)c(OC)c2)C1=O. The summed E-state index contributed by atoms with van der Waals surface area (Å²) in [6, 6.07) is 10.5. The molecule has 3 rings (SSSR count). The molecule has 2 aromatic rings. The summed E-state index contributed by atoms with van der Waals surface area (Å²) in [5.74, 6) is 0.797. The van der Waals surface area contributed by atoms with Crippen molar-refractivity contribution in [3.8, 4) is 11.5 Å². The topological polar surface area (TPSA) is 55.8 Å². The summed E-state index contributed by atoms with van der Waals surface area (Å²) in [4.78, 5) is 26.3. The predicted molar refractivity (Wildman–Crippen MR) is 121 cm³/mol. The lowest BCUT2D eigenvalue weighted by Gasteiger charge is -2.12. The number of nitrogens with zero attached hydrogens (tertiary/aromatic N) is 1. The third-order valence-corrected chi connectivity index (χ3v) is 5.99. The van der Waals surface area contributed by atoms with Gasteiger partial charge in [-0.25, -0.2) is 0 Å². The minimum Gasteiger partial charge on any atom is -0.493 e. The maximum atomic E-state index is 12.5. The Bertz CT molecular complexity index is 993. The molecule has 2 aromatic carbocycles. The van der Waals surface area contributed by atoms with Gasteiger partial charge >= 0.3 is 0 Å². The van der Waals surface area contributed by atoms with E-state index in [-0.39, 0.29) is 17.8 Å². The fraction of sp³-hybridized carbons (Fsp3) is 0.273. The summed E-state index contributed by atoms with van der Waals surface area (Å²) < 4.78 is 11.3. The molecule has 1 heterocycles. The van der Waals surface area contributed by atoms with Crippen molar-refractivity contribution in [1.82, 2.24) is 4.90 Å². The molecule has 0 bridgehead atoms. The lowest BCUT2D eigenvalue weighted by atomic mass is 10.1. The first-order valence-corrected chi connectivity index (χ1v) is 11.0. The standard InChI is InChI=1S/C22H21Cl2NO4S/c1-3-4-9-25-21(26)20(30-22(25)27)11-14-5-8-18(19(10-14)28-2)29-13-15-6-7-16(23)12-17(15)24/h5-8,10-12H,3-4,9,13H2,1-2H3/b20-11-. The van der Waals surface area contributed by atoms with Crippen molar-refractivity contribution >= 4 is 52.2 Å². The number of benzene rings is 2. The molecule has 30 heavy (non-hydrogen) atoms. The van der Waals surface area contributed by atoms with E-state index in [0.29, 0.717) is 33.0 Å². The second kappa shape index (κ2) is 10.2. The molecule has 1 saturated heterocycles. The van der Waals surface area contributed by atoms with E-state index in [1.165, 1.54) is 4.90 Å². The zero-order valence-corrected chi connectivity index (χ0v) is 18.9. The molecule has 158 valence electrons. The van der Waals surface area contributed by atoms with Crippen LogP contribution in [0.2, 0.25) is 10.0 Å². The van der Waals surface area contributed by atoms with Crippen molar-refractivity contribution in [3.05, 3.63) is 62.5 Å². The number of halogens is 2. The summed E-state index contributed by atoms with van der Waals surface area (Å²) in [7, 11) is 1.54. The molecule has 0 spiro atoms. The van der Waals surface area contributed by atoms with Crippen LogP contribution in [0.5, 0.6) is 11.5 Å². The van der Waals surface area contributed by atoms with Gasteiger partial charge in [-0.15, -0.1) is 0 Å². The van der Waals surface area contributed by atoms with Crippen molar-refractivity contribution in [1.29, 1.82) is 0 Å². The molecular weight excluding hydrogens is 445 g/mol. The van der Waals surface area contributed by atoms with Crippen molar-refractivity contribution < 1.29 is 19.1 Å². The fourth-order valence-corrected chi connectivity index (χ4v) is 4.18. The van der Waals surface area contributed by atoms with Crippen LogP contribution in [0, 0.1) is 0 Å². The Morgan fingerprint density at radius 3 is 2.60 bits per heavy atom. The summed E-state index contributed by atoms with van der Waals surface area (Å²) in [6.45, 7) is 2.72. The highest BCUT2D eigenvalue weighted by Crippen LogP contribution is 2.35. The molecule has 1 aliphatic heterocycles. The summed E-state index contributed by atoms with van der Waals surface area (Å²) >= 11 is 13.1. The van der Waals surface area contributed by atoms with E-state index in [0.717, 1.165) is 35.7 Å². The average molecular weight is 466 g/mol. The highest BCUT2D eigenvalue weighted by molar-refractivity contribution is 8.18. The molecule has 0 saturated carbocycles. The van der Waals surface area contributed by atoms with Crippen LogP contribution in [-0.4, -0.2) is 29.7 Å². The number of hydrogen-bond acceptors (Lipinski definition) is 5. The zero-order chi connectivity index (χ0) is 21.7. The van der Waals surface area contributed by atoms with Gasteiger partial charge in [-0.05, 0) is 54.1 Å². The van der Waals surface area contributed by atoms with Crippen molar-refractivity contribution in [2.75, 3.05) is 13.7 Å². The third-order valence-electron chi connectivity index (χ3n) is 4.49. The highest BCUT2D eigenvalue weighted by Gasteiger charge is 2.34. The molecule has 0 atom stereocenters. The van der Waals surface area contributed by atoms with Crippen LogP contribution in [0.15, 0.2) is 41.3 Å². The molecule has 0 aliphatic carbocycles. The van der Waals surface area contributed by atoms with Gasteiger partial charge in [0.05, 0.1) is 12.0 Å². The lowest BCUT2D eigenvalue weighted by molar-refractivity contribution is -0.122. The number of amides is 2. The zero-order valence-electron chi connectivity index (χ0n) is 16.6. The van der Waals surface area contributed by atoms with Gasteiger partial charge in [0.2, 0.25) is 0 Å². The van der Waals surface area contributed by atoms with Gasteiger partial charge in [-0.2, -0.15) is 0 Å². The van der Waals surface area contributed by atoms with Crippen LogP contribution in [0.3, 0.4) is 0 Å². The number of hydrogen-bond donors (Lipinski definition) is 0. The number of ether oxygens (including phenoxy) is 2. The minimum absolute atomic E-state index is 0.230. The number of carbonyl (C=O) groups excluding carboxylic acids is 2. The molecule has 2 amide bonds. The van der Waals surface area contributed by atoms with E-state index in [2.05, 4.69) is 0 Å². The minimum atomic E-state index is -0.255. The predicted octanol–water partition coefficient (Wildman–Crippen LogP) is 6.42. The number of unbranched alkanes of at least 4 members (excludes halogenated alkanes) is 1. The van der Waals surface area contributed by atoms with Crippen molar-refractivity contribution in [3.63, 3.8) is 0 Å². The van der Waals surface area contributed by atoms with Crippen LogP contribution in [0.25, 0.3) is 6.08 Å². The van der Waals surface area contributed by atoms with Crippen molar-refractivity contribution in [2.24, 2.45) is 0 Å². The fourth-order valence-electron chi connectivity index (χ4n) is 2.85. The largest absolute Gasteiger partial charge is 0.493 e. The summed E-state index contributed by atoms with van der Waals surface area (Å²) in [5, 5.41) is 0.855. The first-order chi connectivity index (χ1) is 14.4. The number of thioether (sulfide) groups is 1. The smallest absolute Gasteiger partial charge is 0.293 e. The molecule has 0 radical (unpaired) electrons. The van der Waals surface area contributed by atoms with E-state index in [1.807, 2.05) is 6.92 Å². The van der Waals surface area contributed by atoms with E-state index in [1.54, 1.807) is 49.6 Å². The van der Waals surface area contributed by atoms with Gasteiger partial charge in [0.15, 0.2) is 11.5 Å². The van der Waals surface area contributed by atoms with Crippen LogP contribution >= 0.6 is 35.0 Å². The van der Waals surface area contributed by atoms with Crippen LogP contribution in [0.1, 0.15) is 30.9 Å². The van der Waals surface area contributed by atoms with Crippen molar-refractivity contribution in [2.45, 2.75) is 26.4 Å². The summed E-state index contributed by atoms with van der Waals surface area (Å²) in [5.41, 5.74) is 1.54. The van der Waals surface area contributed by atoms with Crippen LogP contribution < -0.4 is 9.47 Å².